The highest BCUT2D eigenvalue weighted by Gasteiger charge is 2.52. The van der Waals surface area contributed by atoms with Crippen molar-refractivity contribution < 1.29 is 0 Å². The third-order valence-corrected chi connectivity index (χ3v) is 10.6. The molecule has 2 aliphatic carbocycles. The predicted octanol–water partition coefficient (Wildman–Crippen LogP) is 3.17. The minimum atomic E-state index is -0.179. The van der Waals surface area contributed by atoms with Crippen LogP contribution in [0.25, 0.3) is 0 Å². The Bertz CT molecular complexity index is 723. The summed E-state index contributed by atoms with van der Waals surface area (Å²) in [5.41, 5.74) is 7.36. The molecule has 0 bridgehead atoms. The number of hydrogen-bond donors (Lipinski definition) is 5. The molecule has 5 aliphatic rings. The van der Waals surface area contributed by atoms with E-state index in [1.807, 2.05) is 0 Å². The van der Waals surface area contributed by atoms with E-state index in [2.05, 4.69) is 60.6 Å². The van der Waals surface area contributed by atoms with Gasteiger partial charge >= 0.3 is 0 Å². The molecule has 8 unspecified atom stereocenters. The third-order valence-electron chi connectivity index (χ3n) is 10.6. The molecule has 5 N–H and O–H groups in total. The number of nitrogens with one attached hydrogen (secondary N) is 5. The van der Waals surface area contributed by atoms with E-state index in [1.165, 1.54) is 57.9 Å². The van der Waals surface area contributed by atoms with Gasteiger partial charge in [-0.3, -0.25) is 10.9 Å². The molecule has 3 saturated heterocycles. The lowest BCUT2D eigenvalue weighted by molar-refractivity contribution is 0.0442. The lowest BCUT2D eigenvalue weighted by Gasteiger charge is -2.50. The van der Waals surface area contributed by atoms with Gasteiger partial charge in [0.25, 0.3) is 0 Å². The van der Waals surface area contributed by atoms with Gasteiger partial charge in [-0.15, -0.1) is 0 Å². The summed E-state index contributed by atoms with van der Waals surface area (Å²) in [4.78, 5) is 0. The SMILES string of the molecule is CC(C)NC1CNCC(C2CCC3NCC4NNC(C5CCC(C(C)(C)C#N)CC5)C4C3C2)C1. The number of hydrazine groups is 1. The normalized spacial score (nSPS) is 45.4. The number of nitrogens with zero attached hydrogens (tertiary/aromatic N) is 1. The third kappa shape index (κ3) is 5.06. The summed E-state index contributed by atoms with van der Waals surface area (Å²) in [6.45, 7) is 12.3. The first kappa shape index (κ1) is 25.0. The number of fused-ring (bicyclic) bond motifs is 3. The fourth-order valence-electron chi connectivity index (χ4n) is 8.68. The first-order chi connectivity index (χ1) is 16.4. The van der Waals surface area contributed by atoms with Crippen molar-refractivity contribution in [2.24, 2.45) is 40.9 Å². The maximum absolute atomic E-state index is 9.61. The Morgan fingerprint density at radius 2 is 1.62 bits per heavy atom. The van der Waals surface area contributed by atoms with Gasteiger partial charge in [0.05, 0.1) is 11.5 Å². The molecule has 0 amide bonds. The summed E-state index contributed by atoms with van der Waals surface area (Å²) >= 11 is 0. The van der Waals surface area contributed by atoms with Crippen LogP contribution in [0.5, 0.6) is 0 Å². The lowest BCUT2D eigenvalue weighted by atomic mass is 9.60. The van der Waals surface area contributed by atoms with Crippen LogP contribution in [0.1, 0.15) is 79.1 Å². The minimum Gasteiger partial charge on any atom is -0.315 e. The number of rotatable bonds is 5. The van der Waals surface area contributed by atoms with Crippen molar-refractivity contribution in [3.8, 4) is 6.07 Å². The Hall–Kier alpha value is -0.710. The zero-order chi connectivity index (χ0) is 23.9. The van der Waals surface area contributed by atoms with Crippen molar-refractivity contribution >= 4 is 0 Å². The van der Waals surface area contributed by atoms with Gasteiger partial charge in [-0.2, -0.15) is 5.26 Å². The van der Waals surface area contributed by atoms with E-state index in [4.69, 9.17) is 0 Å². The average Bonchev–Trinajstić information content (AvgIpc) is 3.28. The molecule has 192 valence electrons. The van der Waals surface area contributed by atoms with Crippen molar-refractivity contribution in [3.63, 3.8) is 0 Å². The first-order valence-corrected chi connectivity index (χ1v) is 14.5. The van der Waals surface area contributed by atoms with Gasteiger partial charge in [-0.05, 0) is 107 Å². The molecule has 5 rings (SSSR count). The molecule has 0 aromatic carbocycles. The highest BCUT2D eigenvalue weighted by molar-refractivity contribution is 5.08. The van der Waals surface area contributed by atoms with Crippen LogP contribution >= 0.6 is 0 Å². The van der Waals surface area contributed by atoms with Crippen LogP contribution in [0.15, 0.2) is 0 Å². The van der Waals surface area contributed by atoms with Gasteiger partial charge < -0.3 is 16.0 Å². The van der Waals surface area contributed by atoms with Crippen molar-refractivity contribution in [1.29, 1.82) is 5.26 Å². The largest absolute Gasteiger partial charge is 0.315 e. The van der Waals surface area contributed by atoms with Crippen molar-refractivity contribution in [3.05, 3.63) is 0 Å². The molecular weight excluding hydrogens is 420 g/mol. The molecule has 0 aromatic heterocycles. The monoisotopic (exact) mass is 470 g/mol. The van der Waals surface area contributed by atoms with E-state index in [0.717, 1.165) is 42.7 Å². The van der Waals surface area contributed by atoms with Gasteiger partial charge in [0, 0.05) is 43.3 Å². The Labute approximate surface area is 208 Å². The van der Waals surface area contributed by atoms with E-state index in [9.17, 15) is 5.26 Å². The van der Waals surface area contributed by atoms with Crippen LogP contribution in [0.4, 0.5) is 0 Å². The molecule has 2 saturated carbocycles. The van der Waals surface area contributed by atoms with Crippen LogP contribution in [0.3, 0.4) is 0 Å². The maximum Gasteiger partial charge on any atom is 0.0686 e. The van der Waals surface area contributed by atoms with Gasteiger partial charge in [0.2, 0.25) is 0 Å². The van der Waals surface area contributed by atoms with E-state index in [-0.39, 0.29) is 5.41 Å². The fourth-order valence-corrected chi connectivity index (χ4v) is 8.68. The van der Waals surface area contributed by atoms with Crippen LogP contribution < -0.4 is 26.8 Å². The zero-order valence-electron chi connectivity index (χ0n) is 22.1. The Morgan fingerprint density at radius 3 is 2.35 bits per heavy atom. The summed E-state index contributed by atoms with van der Waals surface area (Å²) in [6.07, 6.45) is 10.5. The summed E-state index contributed by atoms with van der Waals surface area (Å²) in [7, 11) is 0. The molecule has 5 fully saturated rings. The van der Waals surface area contributed by atoms with Crippen molar-refractivity contribution in [2.75, 3.05) is 19.6 Å². The van der Waals surface area contributed by atoms with Gasteiger partial charge in [0.15, 0.2) is 0 Å². The van der Waals surface area contributed by atoms with Gasteiger partial charge in [-0.1, -0.05) is 13.8 Å². The molecule has 3 heterocycles. The van der Waals surface area contributed by atoms with E-state index in [1.54, 1.807) is 0 Å². The molecule has 0 aromatic rings. The molecule has 3 aliphatic heterocycles. The van der Waals surface area contributed by atoms with Crippen LogP contribution in [-0.4, -0.2) is 49.8 Å². The Balaban J connectivity index is 1.24. The minimum absolute atomic E-state index is 0.179. The highest BCUT2D eigenvalue weighted by Crippen LogP contribution is 2.48. The molecular formula is C28H50N6. The van der Waals surface area contributed by atoms with Crippen LogP contribution in [0.2, 0.25) is 0 Å². The summed E-state index contributed by atoms with van der Waals surface area (Å²) in [5.74, 6) is 4.53. The van der Waals surface area contributed by atoms with Crippen LogP contribution in [-0.2, 0) is 0 Å². The first-order valence-electron chi connectivity index (χ1n) is 14.5. The van der Waals surface area contributed by atoms with Gasteiger partial charge in [0.1, 0.15) is 0 Å². The summed E-state index contributed by atoms with van der Waals surface area (Å²) < 4.78 is 0. The standard InChI is InChI=1S/C28H50N6/c1-17(2)32-22-11-20(13-30-14-22)19-7-10-24-23(12-19)26-25(15-31-24)33-34-27(26)18-5-8-21(9-6-18)28(3,4)16-29/h17-27,30-34H,5-15H2,1-4H3. The second-order valence-electron chi connectivity index (χ2n) is 13.4. The quantitative estimate of drug-likeness (QED) is 0.425. The van der Waals surface area contributed by atoms with E-state index >= 15 is 0 Å². The van der Waals surface area contributed by atoms with Crippen molar-refractivity contribution in [2.45, 2.75) is 109 Å². The van der Waals surface area contributed by atoms with Crippen molar-refractivity contribution in [1.82, 2.24) is 26.8 Å². The number of hydrogen-bond acceptors (Lipinski definition) is 6. The average molecular weight is 471 g/mol. The molecule has 8 atom stereocenters. The smallest absolute Gasteiger partial charge is 0.0686 e. The topological polar surface area (TPSA) is 83.9 Å². The zero-order valence-corrected chi connectivity index (χ0v) is 22.1. The molecule has 6 heteroatoms. The fraction of sp³-hybridized carbons (Fsp3) is 0.964. The Kier molecular flexibility index (Phi) is 7.59. The predicted molar refractivity (Wildman–Crippen MR) is 138 cm³/mol. The molecule has 0 spiro atoms. The second-order valence-corrected chi connectivity index (χ2v) is 13.4. The molecule has 34 heavy (non-hydrogen) atoms. The van der Waals surface area contributed by atoms with E-state index < -0.39 is 0 Å². The van der Waals surface area contributed by atoms with Gasteiger partial charge in [-0.25, -0.2) is 0 Å². The number of nitriles is 1. The molecule has 6 nitrogen and oxygen atoms in total. The lowest BCUT2D eigenvalue weighted by Crippen LogP contribution is -2.59. The van der Waals surface area contributed by atoms with Crippen LogP contribution in [0, 0.1) is 52.3 Å². The summed E-state index contributed by atoms with van der Waals surface area (Å²) in [6, 6.07) is 5.65. The second kappa shape index (κ2) is 10.3. The Morgan fingerprint density at radius 1 is 0.853 bits per heavy atom. The van der Waals surface area contributed by atoms with E-state index in [0.29, 0.717) is 36.1 Å². The molecule has 0 radical (unpaired) electrons. The highest BCUT2D eigenvalue weighted by atomic mass is 15.4. The summed E-state index contributed by atoms with van der Waals surface area (Å²) in [5, 5.41) is 21.1. The maximum atomic E-state index is 9.61. The number of piperidine rings is 2.